The molecular formula is C60H44N2Si. The van der Waals surface area contributed by atoms with E-state index < -0.39 is 8.07 Å². The average molecular weight is 821 g/mol. The monoisotopic (exact) mass is 820 g/mol. The molecule has 11 rings (SSSR count). The van der Waals surface area contributed by atoms with Gasteiger partial charge in [-0.05, 0) is 104 Å². The second kappa shape index (κ2) is 16.5. The summed E-state index contributed by atoms with van der Waals surface area (Å²) in [4.78, 5) is 2.36. The lowest BCUT2D eigenvalue weighted by Gasteiger charge is -2.34. The topological polar surface area (TPSA) is 8.17 Å². The highest BCUT2D eigenvalue weighted by Gasteiger charge is 2.41. The molecule has 298 valence electrons. The highest BCUT2D eigenvalue weighted by Crippen LogP contribution is 2.38. The van der Waals surface area contributed by atoms with Crippen LogP contribution in [0.5, 0.6) is 0 Å². The molecule has 10 aromatic carbocycles. The van der Waals surface area contributed by atoms with E-state index in [1.807, 2.05) is 0 Å². The van der Waals surface area contributed by atoms with Crippen molar-refractivity contribution in [1.29, 1.82) is 0 Å². The fraction of sp³-hybridized carbons (Fsp3) is 0. The fourth-order valence-electron chi connectivity index (χ4n) is 9.63. The molecule has 0 atom stereocenters. The zero-order valence-corrected chi connectivity index (χ0v) is 35.8. The van der Waals surface area contributed by atoms with Crippen molar-refractivity contribution in [2.45, 2.75) is 0 Å². The van der Waals surface area contributed by atoms with Gasteiger partial charge < -0.3 is 9.47 Å². The van der Waals surface area contributed by atoms with E-state index in [0.717, 1.165) is 22.7 Å². The van der Waals surface area contributed by atoms with Crippen LogP contribution in [-0.2, 0) is 0 Å². The zero-order chi connectivity index (χ0) is 42.0. The standard InChI is InChI=1S/C60H44N2Si/c1-5-18-45(19-6-1)46-32-36-49(37-33-46)61(51-40-42-52(43-41-51)62-59-30-15-13-28-57(59)58-29-14-16-31-60(58)62)50-38-34-47(35-39-50)48-20-17-27-56(44-48)63(53-21-7-2-8-22-53,54-23-9-3-10-24-54)55-25-11-4-12-26-55/h1-44H. The van der Waals surface area contributed by atoms with Crippen LogP contribution in [0.2, 0.25) is 0 Å². The molecule has 63 heavy (non-hydrogen) atoms. The summed E-state index contributed by atoms with van der Waals surface area (Å²) >= 11 is 0. The molecule has 2 nitrogen and oxygen atoms in total. The zero-order valence-electron chi connectivity index (χ0n) is 34.8. The molecule has 1 aromatic heterocycles. The van der Waals surface area contributed by atoms with E-state index in [1.165, 1.54) is 64.8 Å². The summed E-state index contributed by atoms with van der Waals surface area (Å²) in [5, 5.41) is 7.98. The van der Waals surface area contributed by atoms with E-state index in [-0.39, 0.29) is 0 Å². The minimum Gasteiger partial charge on any atom is -0.311 e. The molecule has 1 heterocycles. The Labute approximate surface area is 370 Å². The Bertz CT molecular complexity index is 3140. The lowest BCUT2D eigenvalue weighted by Crippen LogP contribution is -2.74. The Morgan fingerprint density at radius 3 is 1.10 bits per heavy atom. The number of anilines is 3. The van der Waals surface area contributed by atoms with Gasteiger partial charge in [0.05, 0.1) is 11.0 Å². The normalized spacial score (nSPS) is 11.5. The van der Waals surface area contributed by atoms with E-state index in [2.05, 4.69) is 276 Å². The Morgan fingerprint density at radius 1 is 0.270 bits per heavy atom. The van der Waals surface area contributed by atoms with Crippen molar-refractivity contribution in [3.63, 3.8) is 0 Å². The number of para-hydroxylation sites is 2. The minimum atomic E-state index is -2.68. The Balaban J connectivity index is 1.00. The molecule has 0 saturated carbocycles. The van der Waals surface area contributed by atoms with E-state index in [9.17, 15) is 0 Å². The third-order valence-corrected chi connectivity index (χ3v) is 17.3. The first-order valence-corrected chi connectivity index (χ1v) is 23.7. The van der Waals surface area contributed by atoms with Crippen molar-refractivity contribution in [2.24, 2.45) is 0 Å². The summed E-state index contributed by atoms with van der Waals surface area (Å²) in [7, 11) is -2.68. The highest BCUT2D eigenvalue weighted by molar-refractivity contribution is 7.19. The van der Waals surface area contributed by atoms with Crippen LogP contribution < -0.4 is 25.6 Å². The third kappa shape index (κ3) is 6.86. The average Bonchev–Trinajstić information content (AvgIpc) is 3.71. The van der Waals surface area contributed by atoms with E-state index in [1.54, 1.807) is 0 Å². The lowest BCUT2D eigenvalue weighted by molar-refractivity contribution is 1.17. The molecular weight excluding hydrogens is 777 g/mol. The van der Waals surface area contributed by atoms with E-state index >= 15 is 0 Å². The summed E-state index contributed by atoms with van der Waals surface area (Å²) in [5.74, 6) is 0. The molecule has 0 bridgehead atoms. The van der Waals surface area contributed by atoms with Crippen molar-refractivity contribution in [2.75, 3.05) is 4.90 Å². The first-order valence-electron chi connectivity index (χ1n) is 21.7. The van der Waals surface area contributed by atoms with Crippen LogP contribution in [0, 0.1) is 0 Å². The molecule has 0 saturated heterocycles. The van der Waals surface area contributed by atoms with Gasteiger partial charge in [-0.25, -0.2) is 0 Å². The van der Waals surface area contributed by atoms with Crippen molar-refractivity contribution >= 4 is 67.7 Å². The Kier molecular flexibility index (Phi) is 9.93. The molecule has 0 amide bonds. The number of hydrogen-bond acceptors (Lipinski definition) is 1. The van der Waals surface area contributed by atoms with Crippen LogP contribution in [0.25, 0.3) is 49.7 Å². The molecule has 0 spiro atoms. The van der Waals surface area contributed by atoms with Crippen LogP contribution in [0.4, 0.5) is 17.1 Å². The van der Waals surface area contributed by atoms with Gasteiger partial charge in [0.25, 0.3) is 0 Å². The SMILES string of the molecule is c1ccc(-c2ccc(N(c3ccc(-c4cccc([Si](c5ccccc5)(c5ccccc5)c5ccccc5)c4)cc3)c3ccc(-n4c5ccccc5c5ccccc54)cc3)cc2)cc1. The van der Waals surface area contributed by atoms with E-state index in [4.69, 9.17) is 0 Å². The molecule has 0 aliphatic carbocycles. The molecule has 0 unspecified atom stereocenters. The first-order chi connectivity index (χ1) is 31.3. The molecule has 0 N–H and O–H groups in total. The van der Waals surface area contributed by atoms with Crippen LogP contribution in [0.3, 0.4) is 0 Å². The van der Waals surface area contributed by atoms with Crippen molar-refractivity contribution in [3.05, 3.63) is 267 Å². The third-order valence-electron chi connectivity index (χ3n) is 12.6. The van der Waals surface area contributed by atoms with Gasteiger partial charge in [-0.15, -0.1) is 0 Å². The largest absolute Gasteiger partial charge is 0.311 e. The summed E-state index contributed by atoms with van der Waals surface area (Å²) in [6.45, 7) is 0. The van der Waals surface area contributed by atoms with Crippen molar-refractivity contribution in [1.82, 2.24) is 4.57 Å². The van der Waals surface area contributed by atoms with Crippen molar-refractivity contribution in [3.8, 4) is 27.9 Å². The molecule has 11 aromatic rings. The molecule has 0 fully saturated rings. The second-order valence-corrected chi connectivity index (χ2v) is 19.9. The molecule has 0 aliphatic heterocycles. The molecule has 0 aliphatic rings. The van der Waals surface area contributed by atoms with Crippen LogP contribution in [-0.4, -0.2) is 12.6 Å². The Morgan fingerprint density at radius 2 is 0.619 bits per heavy atom. The van der Waals surface area contributed by atoms with Gasteiger partial charge >= 0.3 is 0 Å². The van der Waals surface area contributed by atoms with E-state index in [0.29, 0.717) is 0 Å². The summed E-state index contributed by atoms with van der Waals surface area (Å²) in [6.07, 6.45) is 0. The molecule has 0 radical (unpaired) electrons. The van der Waals surface area contributed by atoms with Crippen molar-refractivity contribution < 1.29 is 0 Å². The van der Waals surface area contributed by atoms with Gasteiger partial charge in [-0.1, -0.05) is 206 Å². The molecule has 3 heteroatoms. The quantitative estimate of drug-likeness (QED) is 0.0985. The fourth-order valence-corrected chi connectivity index (χ4v) is 14.4. The number of nitrogens with zero attached hydrogens (tertiary/aromatic N) is 2. The summed E-state index contributed by atoms with van der Waals surface area (Å²) < 4.78 is 2.38. The number of hydrogen-bond donors (Lipinski definition) is 0. The van der Waals surface area contributed by atoms with Gasteiger partial charge in [-0.2, -0.15) is 0 Å². The van der Waals surface area contributed by atoms with Gasteiger partial charge in [0.15, 0.2) is 8.07 Å². The van der Waals surface area contributed by atoms with Gasteiger partial charge in [-0.3, -0.25) is 0 Å². The number of aromatic nitrogens is 1. The number of benzene rings is 10. The number of rotatable bonds is 10. The lowest BCUT2D eigenvalue weighted by atomic mass is 10.0. The van der Waals surface area contributed by atoms with Crippen LogP contribution in [0.1, 0.15) is 0 Å². The maximum atomic E-state index is 2.45. The maximum Gasteiger partial charge on any atom is 0.179 e. The van der Waals surface area contributed by atoms with Gasteiger partial charge in [0.2, 0.25) is 0 Å². The number of fused-ring (bicyclic) bond motifs is 3. The van der Waals surface area contributed by atoms with Crippen LogP contribution >= 0.6 is 0 Å². The van der Waals surface area contributed by atoms with Gasteiger partial charge in [0.1, 0.15) is 0 Å². The predicted molar refractivity (Wildman–Crippen MR) is 270 cm³/mol. The summed E-state index contributed by atoms with van der Waals surface area (Å²) in [5.41, 5.74) is 11.6. The second-order valence-electron chi connectivity index (χ2n) is 16.1. The van der Waals surface area contributed by atoms with Gasteiger partial charge in [0, 0.05) is 33.5 Å². The smallest absolute Gasteiger partial charge is 0.179 e. The van der Waals surface area contributed by atoms with Crippen LogP contribution in [0.15, 0.2) is 267 Å². The maximum absolute atomic E-state index is 2.68. The minimum absolute atomic E-state index is 1.09. The summed E-state index contributed by atoms with van der Waals surface area (Å²) in [6, 6.07) is 97.7. The highest BCUT2D eigenvalue weighted by atomic mass is 28.3. The first kappa shape index (κ1) is 38.0. The Hall–Kier alpha value is -7.98. The predicted octanol–water partition coefficient (Wildman–Crippen LogP) is 13.0.